The second kappa shape index (κ2) is 7.49. The van der Waals surface area contributed by atoms with E-state index in [1.165, 1.54) is 13.2 Å². The lowest BCUT2D eigenvalue weighted by Gasteiger charge is -2.39. The van der Waals surface area contributed by atoms with Gasteiger partial charge in [-0.15, -0.1) is 0 Å². The highest BCUT2D eigenvalue weighted by atomic mass is 19.1. The molecular formula is C18H24FNO4. The molecule has 2 N–H and O–H groups in total. The van der Waals surface area contributed by atoms with E-state index in [-0.39, 0.29) is 35.6 Å². The van der Waals surface area contributed by atoms with E-state index in [1.807, 2.05) is 0 Å². The molecule has 1 saturated carbocycles. The van der Waals surface area contributed by atoms with E-state index >= 15 is 0 Å². The second-order valence-electron chi connectivity index (χ2n) is 6.65. The van der Waals surface area contributed by atoms with Gasteiger partial charge in [-0.2, -0.15) is 0 Å². The van der Waals surface area contributed by atoms with Gasteiger partial charge in [0.15, 0.2) is 11.6 Å². The van der Waals surface area contributed by atoms with Gasteiger partial charge in [-0.1, -0.05) is 6.07 Å². The SMILES string of the molecule is COc1ccc([C@@H](NC(=O)C2CCOCC2)C2CC(O)C2)cc1F. The summed E-state index contributed by atoms with van der Waals surface area (Å²) in [5, 5.41) is 12.7. The summed E-state index contributed by atoms with van der Waals surface area (Å²) >= 11 is 0. The molecule has 1 saturated heterocycles. The van der Waals surface area contributed by atoms with Crippen molar-refractivity contribution in [2.75, 3.05) is 20.3 Å². The maximum absolute atomic E-state index is 14.1. The smallest absolute Gasteiger partial charge is 0.223 e. The van der Waals surface area contributed by atoms with Crippen LogP contribution in [-0.4, -0.2) is 37.4 Å². The van der Waals surface area contributed by atoms with Crippen molar-refractivity contribution in [2.45, 2.75) is 37.8 Å². The molecule has 6 heteroatoms. The lowest BCUT2D eigenvalue weighted by molar-refractivity contribution is -0.129. The van der Waals surface area contributed by atoms with Crippen molar-refractivity contribution in [2.24, 2.45) is 11.8 Å². The summed E-state index contributed by atoms with van der Waals surface area (Å²) in [5.41, 5.74) is 0.714. The maximum atomic E-state index is 14.1. The van der Waals surface area contributed by atoms with E-state index in [4.69, 9.17) is 9.47 Å². The molecule has 0 bridgehead atoms. The third-order valence-corrected chi connectivity index (χ3v) is 5.05. The maximum Gasteiger partial charge on any atom is 0.223 e. The van der Waals surface area contributed by atoms with Crippen LogP contribution in [0.5, 0.6) is 5.75 Å². The number of nitrogens with one attached hydrogen (secondary N) is 1. The molecule has 2 aliphatic rings. The van der Waals surface area contributed by atoms with Gasteiger partial charge in [-0.05, 0) is 49.3 Å². The lowest BCUT2D eigenvalue weighted by atomic mass is 9.75. The summed E-state index contributed by atoms with van der Waals surface area (Å²) in [6, 6.07) is 4.48. The molecule has 2 fully saturated rings. The normalized spacial score (nSPS) is 25.6. The number of methoxy groups -OCH3 is 1. The Morgan fingerprint density at radius 2 is 2.08 bits per heavy atom. The Balaban J connectivity index is 1.76. The molecule has 1 atom stereocenters. The molecule has 1 aromatic carbocycles. The summed E-state index contributed by atoms with van der Waals surface area (Å²) in [7, 11) is 1.42. The molecule has 132 valence electrons. The largest absolute Gasteiger partial charge is 0.494 e. The Bertz CT molecular complexity index is 582. The van der Waals surface area contributed by atoms with Gasteiger partial charge in [-0.25, -0.2) is 4.39 Å². The average Bonchev–Trinajstić information content (AvgIpc) is 2.57. The minimum absolute atomic E-state index is 0.0130. The third kappa shape index (κ3) is 3.70. The minimum atomic E-state index is -0.444. The molecular weight excluding hydrogens is 313 g/mol. The molecule has 0 spiro atoms. The first-order valence-corrected chi connectivity index (χ1v) is 8.48. The molecule has 1 heterocycles. The molecule has 5 nitrogen and oxygen atoms in total. The second-order valence-corrected chi connectivity index (χ2v) is 6.65. The van der Waals surface area contributed by atoms with Gasteiger partial charge < -0.3 is 19.9 Å². The third-order valence-electron chi connectivity index (χ3n) is 5.05. The molecule has 1 aliphatic heterocycles. The van der Waals surface area contributed by atoms with E-state index in [0.717, 1.165) is 0 Å². The molecule has 0 radical (unpaired) electrons. The van der Waals surface area contributed by atoms with E-state index < -0.39 is 5.82 Å². The number of hydrogen-bond donors (Lipinski definition) is 2. The zero-order chi connectivity index (χ0) is 17.1. The average molecular weight is 337 g/mol. The number of rotatable bonds is 5. The summed E-state index contributed by atoms with van der Waals surface area (Å²) in [4.78, 5) is 12.6. The van der Waals surface area contributed by atoms with Crippen molar-refractivity contribution >= 4 is 5.91 Å². The van der Waals surface area contributed by atoms with Crippen LogP contribution in [0.2, 0.25) is 0 Å². The number of carbonyl (C=O) groups excluding carboxylic acids is 1. The van der Waals surface area contributed by atoms with Gasteiger partial charge in [0, 0.05) is 19.1 Å². The van der Waals surface area contributed by atoms with E-state index in [1.54, 1.807) is 12.1 Å². The van der Waals surface area contributed by atoms with Crippen LogP contribution in [0.1, 0.15) is 37.3 Å². The van der Waals surface area contributed by atoms with Crippen molar-refractivity contribution in [3.63, 3.8) is 0 Å². The number of carbonyl (C=O) groups is 1. The molecule has 24 heavy (non-hydrogen) atoms. The van der Waals surface area contributed by atoms with Crippen LogP contribution in [0.4, 0.5) is 4.39 Å². The summed E-state index contributed by atoms with van der Waals surface area (Å²) in [6.45, 7) is 1.20. The predicted octanol–water partition coefficient (Wildman–Crippen LogP) is 2.19. The van der Waals surface area contributed by atoms with E-state index in [2.05, 4.69) is 5.32 Å². The Morgan fingerprint density at radius 3 is 2.67 bits per heavy atom. The molecule has 0 unspecified atom stereocenters. The van der Waals surface area contributed by atoms with Crippen LogP contribution in [0.3, 0.4) is 0 Å². The first-order chi connectivity index (χ1) is 11.6. The summed E-state index contributed by atoms with van der Waals surface area (Å²) in [5.74, 6) is -0.214. The van der Waals surface area contributed by atoms with Crippen LogP contribution in [-0.2, 0) is 9.53 Å². The highest BCUT2D eigenvalue weighted by Gasteiger charge is 2.37. The molecule has 1 aromatic rings. The topological polar surface area (TPSA) is 67.8 Å². The highest BCUT2D eigenvalue weighted by Crippen LogP contribution is 2.39. The molecule has 1 amide bonds. The predicted molar refractivity (Wildman–Crippen MR) is 86.1 cm³/mol. The van der Waals surface area contributed by atoms with Crippen molar-refractivity contribution in [3.05, 3.63) is 29.6 Å². The Morgan fingerprint density at radius 1 is 1.38 bits per heavy atom. The van der Waals surface area contributed by atoms with Gasteiger partial charge in [-0.3, -0.25) is 4.79 Å². The fourth-order valence-electron chi connectivity index (χ4n) is 3.48. The van der Waals surface area contributed by atoms with Crippen LogP contribution in [0, 0.1) is 17.7 Å². The molecule has 0 aromatic heterocycles. The number of halogens is 1. The van der Waals surface area contributed by atoms with Crippen molar-refractivity contribution in [3.8, 4) is 5.75 Å². The van der Waals surface area contributed by atoms with Crippen molar-refractivity contribution in [1.82, 2.24) is 5.32 Å². The summed E-state index contributed by atoms with van der Waals surface area (Å²) < 4.78 is 24.3. The molecule has 1 aliphatic carbocycles. The van der Waals surface area contributed by atoms with Crippen LogP contribution < -0.4 is 10.1 Å². The number of aliphatic hydroxyl groups is 1. The highest BCUT2D eigenvalue weighted by molar-refractivity contribution is 5.79. The quantitative estimate of drug-likeness (QED) is 0.864. The summed E-state index contributed by atoms with van der Waals surface area (Å²) in [6.07, 6.45) is 2.32. The first kappa shape index (κ1) is 17.2. The monoisotopic (exact) mass is 337 g/mol. The number of ether oxygens (including phenoxy) is 2. The minimum Gasteiger partial charge on any atom is -0.494 e. The first-order valence-electron chi connectivity index (χ1n) is 8.48. The Kier molecular flexibility index (Phi) is 5.36. The number of benzene rings is 1. The zero-order valence-electron chi connectivity index (χ0n) is 13.8. The number of aliphatic hydroxyl groups excluding tert-OH is 1. The van der Waals surface area contributed by atoms with Gasteiger partial charge in [0.25, 0.3) is 0 Å². The zero-order valence-corrected chi connectivity index (χ0v) is 13.8. The van der Waals surface area contributed by atoms with Gasteiger partial charge in [0.2, 0.25) is 5.91 Å². The Labute approximate surface area is 141 Å². The van der Waals surface area contributed by atoms with E-state index in [0.29, 0.717) is 44.5 Å². The van der Waals surface area contributed by atoms with Crippen molar-refractivity contribution < 1.29 is 23.8 Å². The van der Waals surface area contributed by atoms with Crippen LogP contribution in [0.25, 0.3) is 0 Å². The number of hydrogen-bond acceptors (Lipinski definition) is 4. The van der Waals surface area contributed by atoms with Crippen molar-refractivity contribution in [1.29, 1.82) is 0 Å². The fourth-order valence-corrected chi connectivity index (χ4v) is 3.48. The molecule has 3 rings (SSSR count). The van der Waals surface area contributed by atoms with Crippen LogP contribution in [0.15, 0.2) is 18.2 Å². The standard InChI is InChI=1S/C18H24FNO4/c1-23-16-3-2-12(10-15(16)19)17(13-8-14(21)9-13)20-18(22)11-4-6-24-7-5-11/h2-3,10-11,13-14,17,21H,4-9H2,1H3,(H,20,22)/t13?,14?,17-/m1/s1. The van der Waals surface area contributed by atoms with E-state index in [9.17, 15) is 14.3 Å². The lowest BCUT2D eigenvalue weighted by Crippen LogP contribution is -2.44. The van der Waals surface area contributed by atoms with Gasteiger partial charge >= 0.3 is 0 Å². The van der Waals surface area contributed by atoms with Crippen LogP contribution >= 0.6 is 0 Å². The Hall–Kier alpha value is -1.66. The number of amides is 1. The fraction of sp³-hybridized carbons (Fsp3) is 0.611. The van der Waals surface area contributed by atoms with Gasteiger partial charge in [0.1, 0.15) is 0 Å². The van der Waals surface area contributed by atoms with Gasteiger partial charge in [0.05, 0.1) is 19.3 Å².